The molecular weight excluding hydrogens is 420 g/mol. The van der Waals surface area contributed by atoms with Crippen LogP contribution in [0.2, 0.25) is 0 Å². The lowest BCUT2D eigenvalue weighted by molar-refractivity contribution is 0.331. The van der Waals surface area contributed by atoms with Gasteiger partial charge < -0.3 is 14.8 Å². The third kappa shape index (κ3) is 4.30. The van der Waals surface area contributed by atoms with Crippen molar-refractivity contribution in [1.82, 2.24) is 0 Å². The van der Waals surface area contributed by atoms with Crippen molar-refractivity contribution < 1.29 is 9.47 Å². The topological polar surface area (TPSA) is 42.8 Å². The standard InChI is InChI=1S/C30H28N2O2/c1-4-16-34-28-15-9-21(18-29(28)33-3)19-31-23-12-10-22(11-13-23)30-25-7-5-6-24(25)26-17-20(2)8-14-27(26)32-30/h1,5-6,8-15,17-19,24-25,30,32H,7,16H2,2-3H3/t24-,25+,30-/m0/s1. The third-order valence-electron chi connectivity index (χ3n) is 6.63. The summed E-state index contributed by atoms with van der Waals surface area (Å²) in [6.07, 6.45) is 12.9. The van der Waals surface area contributed by atoms with Gasteiger partial charge in [0.05, 0.1) is 18.8 Å². The Morgan fingerprint density at radius 1 is 1.09 bits per heavy atom. The van der Waals surface area contributed by atoms with Crippen LogP contribution in [-0.4, -0.2) is 19.9 Å². The number of ether oxygens (including phenoxy) is 2. The van der Waals surface area contributed by atoms with Crippen molar-refractivity contribution in [2.45, 2.75) is 25.3 Å². The molecule has 0 bridgehead atoms. The highest BCUT2D eigenvalue weighted by Gasteiger charge is 2.37. The van der Waals surface area contributed by atoms with Crippen LogP contribution in [0.5, 0.6) is 11.5 Å². The van der Waals surface area contributed by atoms with E-state index >= 15 is 0 Å². The molecule has 2 aliphatic rings. The number of nitrogens with zero attached hydrogens (tertiary/aromatic N) is 1. The van der Waals surface area contributed by atoms with Gasteiger partial charge in [-0.2, -0.15) is 0 Å². The maximum atomic E-state index is 5.51. The van der Waals surface area contributed by atoms with Crippen molar-refractivity contribution in [3.63, 3.8) is 0 Å². The number of hydrogen-bond acceptors (Lipinski definition) is 4. The number of rotatable bonds is 6. The summed E-state index contributed by atoms with van der Waals surface area (Å²) in [5, 5.41) is 3.81. The van der Waals surface area contributed by atoms with E-state index in [-0.39, 0.29) is 12.6 Å². The lowest BCUT2D eigenvalue weighted by Crippen LogP contribution is -2.29. The summed E-state index contributed by atoms with van der Waals surface area (Å²) in [5.74, 6) is 4.73. The number of benzene rings is 3. The first-order valence-electron chi connectivity index (χ1n) is 11.6. The quantitative estimate of drug-likeness (QED) is 0.263. The van der Waals surface area contributed by atoms with Crippen LogP contribution in [0.15, 0.2) is 77.8 Å². The van der Waals surface area contributed by atoms with Gasteiger partial charge in [0.2, 0.25) is 0 Å². The number of hydrogen-bond donors (Lipinski definition) is 1. The molecule has 170 valence electrons. The van der Waals surface area contributed by atoms with E-state index in [1.165, 1.54) is 22.4 Å². The maximum Gasteiger partial charge on any atom is 0.162 e. The van der Waals surface area contributed by atoms with Crippen LogP contribution in [0.25, 0.3) is 0 Å². The second kappa shape index (κ2) is 9.49. The summed E-state index contributed by atoms with van der Waals surface area (Å²) < 4.78 is 10.9. The number of allylic oxidation sites excluding steroid dienone is 2. The number of methoxy groups -OCH3 is 1. The van der Waals surface area contributed by atoms with Crippen molar-refractivity contribution in [3.8, 4) is 23.8 Å². The van der Waals surface area contributed by atoms with E-state index in [1.807, 2.05) is 24.4 Å². The Hall–Kier alpha value is -3.97. The van der Waals surface area contributed by atoms with E-state index in [2.05, 4.69) is 77.8 Å². The normalized spacial score (nSPS) is 20.3. The predicted octanol–water partition coefficient (Wildman–Crippen LogP) is 6.59. The molecule has 3 atom stereocenters. The summed E-state index contributed by atoms with van der Waals surface area (Å²) in [4.78, 5) is 4.66. The molecular formula is C30H28N2O2. The number of nitrogens with one attached hydrogen (secondary N) is 1. The molecule has 0 saturated carbocycles. The molecule has 4 nitrogen and oxygen atoms in total. The van der Waals surface area contributed by atoms with E-state index in [0.29, 0.717) is 23.3 Å². The lowest BCUT2D eigenvalue weighted by atomic mass is 9.76. The fourth-order valence-electron chi connectivity index (χ4n) is 4.96. The van der Waals surface area contributed by atoms with Gasteiger partial charge in [-0.3, -0.25) is 4.99 Å². The maximum absolute atomic E-state index is 5.51. The second-order valence-electron chi connectivity index (χ2n) is 8.82. The van der Waals surface area contributed by atoms with Gasteiger partial charge in [0.15, 0.2) is 11.5 Å². The molecule has 0 unspecified atom stereocenters. The van der Waals surface area contributed by atoms with Gasteiger partial charge in [-0.15, -0.1) is 6.42 Å². The van der Waals surface area contributed by atoms with E-state index in [4.69, 9.17) is 15.9 Å². The minimum Gasteiger partial charge on any atom is -0.493 e. The molecule has 1 aliphatic carbocycles. The van der Waals surface area contributed by atoms with Gasteiger partial charge >= 0.3 is 0 Å². The van der Waals surface area contributed by atoms with E-state index < -0.39 is 0 Å². The fourth-order valence-corrected chi connectivity index (χ4v) is 4.96. The smallest absolute Gasteiger partial charge is 0.162 e. The molecule has 4 heteroatoms. The van der Waals surface area contributed by atoms with Gasteiger partial charge in [0.1, 0.15) is 6.61 Å². The molecule has 0 fully saturated rings. The molecule has 0 aromatic heterocycles. The first-order valence-corrected chi connectivity index (χ1v) is 11.6. The Kier molecular flexibility index (Phi) is 6.10. The van der Waals surface area contributed by atoms with E-state index in [1.54, 1.807) is 7.11 Å². The molecule has 0 spiro atoms. The Bertz CT molecular complexity index is 1280. The Morgan fingerprint density at radius 3 is 2.74 bits per heavy atom. The van der Waals surface area contributed by atoms with Crippen molar-refractivity contribution in [2.75, 3.05) is 19.0 Å². The Labute approximate surface area is 201 Å². The summed E-state index contributed by atoms with van der Waals surface area (Å²) >= 11 is 0. The summed E-state index contributed by atoms with van der Waals surface area (Å²) in [6.45, 7) is 2.37. The minimum absolute atomic E-state index is 0.203. The second-order valence-corrected chi connectivity index (χ2v) is 8.82. The van der Waals surface area contributed by atoms with Crippen molar-refractivity contribution >= 4 is 17.6 Å². The van der Waals surface area contributed by atoms with Crippen molar-refractivity contribution in [2.24, 2.45) is 10.9 Å². The lowest BCUT2D eigenvalue weighted by Gasteiger charge is -2.37. The number of aliphatic imine (C=N–C) groups is 1. The first-order chi connectivity index (χ1) is 16.7. The SMILES string of the molecule is C#CCOc1ccc(C=Nc2ccc([C@@H]3Nc4ccc(C)cc4[C@H]4C=CC[C@H]43)cc2)cc1OC. The average molecular weight is 449 g/mol. The average Bonchev–Trinajstić information content (AvgIpc) is 3.37. The van der Waals surface area contributed by atoms with E-state index in [0.717, 1.165) is 17.7 Å². The molecule has 1 N–H and O–H groups in total. The molecule has 0 radical (unpaired) electrons. The third-order valence-corrected chi connectivity index (χ3v) is 6.63. The van der Waals surface area contributed by atoms with Crippen LogP contribution in [0, 0.1) is 25.2 Å². The van der Waals surface area contributed by atoms with E-state index in [9.17, 15) is 0 Å². The molecule has 0 amide bonds. The van der Waals surface area contributed by atoms with Crippen LogP contribution in [0.4, 0.5) is 11.4 Å². The molecule has 34 heavy (non-hydrogen) atoms. The molecule has 3 aromatic rings. The largest absolute Gasteiger partial charge is 0.493 e. The monoisotopic (exact) mass is 448 g/mol. The minimum atomic E-state index is 0.203. The van der Waals surface area contributed by atoms with Crippen LogP contribution in [0.3, 0.4) is 0 Å². The molecule has 1 heterocycles. The zero-order chi connectivity index (χ0) is 23.5. The summed E-state index contributed by atoms with van der Waals surface area (Å²) in [7, 11) is 1.61. The van der Waals surface area contributed by atoms with Crippen LogP contribution >= 0.6 is 0 Å². The van der Waals surface area contributed by atoms with Crippen LogP contribution in [-0.2, 0) is 0 Å². The first kappa shape index (κ1) is 21.9. The van der Waals surface area contributed by atoms with Gasteiger partial charge in [-0.05, 0) is 72.4 Å². The van der Waals surface area contributed by atoms with Crippen molar-refractivity contribution in [1.29, 1.82) is 0 Å². The fraction of sp³-hybridized carbons (Fsp3) is 0.233. The highest BCUT2D eigenvalue weighted by atomic mass is 16.5. The molecule has 1 aliphatic heterocycles. The van der Waals surface area contributed by atoms with Gasteiger partial charge in [-0.25, -0.2) is 0 Å². The highest BCUT2D eigenvalue weighted by Crippen LogP contribution is 2.50. The van der Waals surface area contributed by atoms with Crippen molar-refractivity contribution in [3.05, 3.63) is 95.1 Å². The number of fused-ring (bicyclic) bond motifs is 3. The van der Waals surface area contributed by atoms with Crippen LogP contribution in [0.1, 0.15) is 40.6 Å². The van der Waals surface area contributed by atoms with Gasteiger partial charge in [0.25, 0.3) is 0 Å². The predicted molar refractivity (Wildman–Crippen MR) is 139 cm³/mol. The zero-order valence-corrected chi connectivity index (χ0v) is 19.5. The zero-order valence-electron chi connectivity index (χ0n) is 19.5. The van der Waals surface area contributed by atoms with Crippen LogP contribution < -0.4 is 14.8 Å². The summed E-state index contributed by atoms with van der Waals surface area (Å²) in [5.41, 5.74) is 7.10. The Balaban J connectivity index is 1.33. The Morgan fingerprint density at radius 2 is 1.94 bits per heavy atom. The number of terminal acetylenes is 1. The number of aryl methyl sites for hydroxylation is 1. The molecule has 0 saturated heterocycles. The highest BCUT2D eigenvalue weighted by molar-refractivity contribution is 5.83. The number of anilines is 1. The van der Waals surface area contributed by atoms with Gasteiger partial charge in [-0.1, -0.05) is 47.9 Å². The molecule has 5 rings (SSSR count). The molecule has 3 aromatic carbocycles. The van der Waals surface area contributed by atoms with Gasteiger partial charge in [0, 0.05) is 17.8 Å². The summed E-state index contributed by atoms with van der Waals surface area (Å²) in [6, 6.07) is 21.2.